The molecular weight excluding hydrogens is 428 g/mol. The van der Waals surface area contributed by atoms with E-state index in [0.29, 0.717) is 36.8 Å². The summed E-state index contributed by atoms with van der Waals surface area (Å²) in [4.78, 5) is 16.3. The fourth-order valence-corrected chi connectivity index (χ4v) is 4.18. The smallest absolute Gasteiger partial charge is 0.251 e. The maximum atomic E-state index is 13.0. The molecule has 0 bridgehead atoms. The summed E-state index contributed by atoms with van der Waals surface area (Å²) >= 11 is 0. The van der Waals surface area contributed by atoms with E-state index in [9.17, 15) is 4.79 Å². The summed E-state index contributed by atoms with van der Waals surface area (Å²) in [5.74, 6) is 1.17. The van der Waals surface area contributed by atoms with Gasteiger partial charge in [0.05, 0.1) is 20.3 Å². The Morgan fingerprint density at radius 2 is 1.79 bits per heavy atom. The lowest BCUT2D eigenvalue weighted by Gasteiger charge is -2.20. The van der Waals surface area contributed by atoms with Crippen LogP contribution in [0, 0.1) is 0 Å². The van der Waals surface area contributed by atoms with Crippen LogP contribution in [0.4, 0.5) is 0 Å². The Kier molecular flexibility index (Phi) is 7.50. The lowest BCUT2D eigenvalue weighted by atomic mass is 9.90. The molecule has 2 N–H and O–H groups in total. The Labute approximate surface area is 199 Å². The molecule has 0 aliphatic carbocycles. The van der Waals surface area contributed by atoms with Crippen LogP contribution in [-0.2, 0) is 11.3 Å². The van der Waals surface area contributed by atoms with Gasteiger partial charge in [0.1, 0.15) is 0 Å². The van der Waals surface area contributed by atoms with E-state index in [1.54, 1.807) is 14.2 Å². The van der Waals surface area contributed by atoms with Crippen molar-refractivity contribution < 1.29 is 19.0 Å². The minimum absolute atomic E-state index is 0.0857. The molecule has 4 aromatic rings. The van der Waals surface area contributed by atoms with Crippen molar-refractivity contribution in [3.8, 4) is 11.5 Å². The first-order valence-electron chi connectivity index (χ1n) is 11.4. The van der Waals surface area contributed by atoms with E-state index in [-0.39, 0.29) is 11.8 Å². The molecule has 6 heteroatoms. The predicted octanol–water partition coefficient (Wildman–Crippen LogP) is 5.28. The van der Waals surface area contributed by atoms with Gasteiger partial charge in [0.2, 0.25) is 0 Å². The number of amides is 1. The second-order valence-electron chi connectivity index (χ2n) is 8.03. The standard InChI is InChI=1S/C28H30N2O4/c1-4-34-26-14-13-21(15-27(26)33-3)23(24-17-29-25-8-6-5-7-22(24)25)16-30-28(31)20-11-9-19(10-12-20)18-32-2/h5-15,17,23,29H,4,16,18H2,1-3H3,(H,30,31). The van der Waals surface area contributed by atoms with Gasteiger partial charge in [-0.25, -0.2) is 0 Å². The summed E-state index contributed by atoms with van der Waals surface area (Å²) < 4.78 is 16.4. The molecule has 34 heavy (non-hydrogen) atoms. The molecular formula is C28H30N2O4. The molecule has 3 aromatic carbocycles. The number of H-pyrrole nitrogens is 1. The molecule has 0 aliphatic heterocycles. The number of carbonyl (C=O) groups is 1. The Balaban J connectivity index is 1.64. The van der Waals surface area contributed by atoms with Crippen molar-refractivity contribution in [2.45, 2.75) is 19.4 Å². The number of hydrogen-bond donors (Lipinski definition) is 2. The fraction of sp³-hybridized carbons (Fsp3) is 0.250. The molecule has 0 fully saturated rings. The van der Waals surface area contributed by atoms with Crippen LogP contribution in [0.1, 0.15) is 39.9 Å². The first-order chi connectivity index (χ1) is 16.6. The van der Waals surface area contributed by atoms with Crippen LogP contribution in [-0.4, -0.2) is 38.3 Å². The molecule has 176 valence electrons. The van der Waals surface area contributed by atoms with Crippen molar-refractivity contribution in [1.82, 2.24) is 10.3 Å². The third-order valence-electron chi connectivity index (χ3n) is 5.88. The average Bonchev–Trinajstić information content (AvgIpc) is 3.29. The number of aromatic amines is 1. The van der Waals surface area contributed by atoms with Gasteiger partial charge < -0.3 is 24.5 Å². The van der Waals surface area contributed by atoms with Crippen molar-refractivity contribution in [2.24, 2.45) is 0 Å². The number of nitrogens with one attached hydrogen (secondary N) is 2. The Bertz CT molecular complexity index is 1250. The SMILES string of the molecule is CCOc1ccc(C(CNC(=O)c2ccc(COC)cc2)c2c[nH]c3ccccc23)cc1OC. The van der Waals surface area contributed by atoms with Gasteiger partial charge in [-0.15, -0.1) is 0 Å². The summed E-state index contributed by atoms with van der Waals surface area (Å²) in [6.07, 6.45) is 2.02. The average molecular weight is 459 g/mol. The molecule has 1 heterocycles. The van der Waals surface area contributed by atoms with Crippen LogP contribution in [0.5, 0.6) is 11.5 Å². The lowest BCUT2D eigenvalue weighted by Crippen LogP contribution is -2.29. The van der Waals surface area contributed by atoms with Crippen molar-refractivity contribution in [3.05, 3.63) is 95.2 Å². The minimum atomic E-state index is -0.119. The van der Waals surface area contributed by atoms with E-state index in [1.807, 2.05) is 67.7 Å². The van der Waals surface area contributed by atoms with E-state index in [4.69, 9.17) is 14.2 Å². The maximum Gasteiger partial charge on any atom is 0.251 e. The molecule has 4 rings (SSSR count). The van der Waals surface area contributed by atoms with Crippen LogP contribution in [0.25, 0.3) is 10.9 Å². The number of ether oxygens (including phenoxy) is 3. The highest BCUT2D eigenvalue weighted by Crippen LogP contribution is 2.36. The summed E-state index contributed by atoms with van der Waals surface area (Å²) in [6.45, 7) is 3.45. The number of carbonyl (C=O) groups excluding carboxylic acids is 1. The van der Waals surface area contributed by atoms with Crippen LogP contribution < -0.4 is 14.8 Å². The van der Waals surface area contributed by atoms with E-state index in [1.165, 1.54) is 0 Å². The fourth-order valence-electron chi connectivity index (χ4n) is 4.18. The van der Waals surface area contributed by atoms with Crippen LogP contribution >= 0.6 is 0 Å². The van der Waals surface area contributed by atoms with Crippen LogP contribution in [0.2, 0.25) is 0 Å². The largest absolute Gasteiger partial charge is 0.493 e. The minimum Gasteiger partial charge on any atom is -0.493 e. The molecule has 0 spiro atoms. The van der Waals surface area contributed by atoms with Crippen molar-refractivity contribution >= 4 is 16.8 Å². The van der Waals surface area contributed by atoms with Gasteiger partial charge in [0.15, 0.2) is 11.5 Å². The lowest BCUT2D eigenvalue weighted by molar-refractivity contribution is 0.0952. The van der Waals surface area contributed by atoms with Crippen molar-refractivity contribution in [2.75, 3.05) is 27.4 Å². The number of benzene rings is 3. The topological polar surface area (TPSA) is 72.6 Å². The molecule has 1 unspecified atom stereocenters. The van der Waals surface area contributed by atoms with Gasteiger partial charge in [-0.2, -0.15) is 0 Å². The maximum absolute atomic E-state index is 13.0. The molecule has 0 saturated carbocycles. The molecule has 0 saturated heterocycles. The monoisotopic (exact) mass is 458 g/mol. The molecule has 1 amide bonds. The Morgan fingerprint density at radius 3 is 2.53 bits per heavy atom. The highest BCUT2D eigenvalue weighted by molar-refractivity contribution is 5.94. The first-order valence-corrected chi connectivity index (χ1v) is 11.4. The quantitative estimate of drug-likeness (QED) is 0.339. The van der Waals surface area contributed by atoms with Gasteiger partial charge >= 0.3 is 0 Å². The zero-order valence-electron chi connectivity index (χ0n) is 19.8. The van der Waals surface area contributed by atoms with Gasteiger partial charge in [-0.05, 0) is 53.9 Å². The van der Waals surface area contributed by atoms with E-state index < -0.39 is 0 Å². The molecule has 1 atom stereocenters. The highest BCUT2D eigenvalue weighted by atomic mass is 16.5. The van der Waals surface area contributed by atoms with Crippen LogP contribution in [0.15, 0.2) is 72.9 Å². The summed E-state index contributed by atoms with van der Waals surface area (Å²) in [7, 11) is 3.29. The highest BCUT2D eigenvalue weighted by Gasteiger charge is 2.21. The molecule has 6 nitrogen and oxygen atoms in total. The summed E-state index contributed by atoms with van der Waals surface area (Å²) in [5.41, 5.74) is 4.83. The Hall–Kier alpha value is -3.77. The number of hydrogen-bond acceptors (Lipinski definition) is 4. The van der Waals surface area contributed by atoms with Crippen molar-refractivity contribution in [3.63, 3.8) is 0 Å². The van der Waals surface area contributed by atoms with Gasteiger partial charge in [-0.1, -0.05) is 36.4 Å². The van der Waals surface area contributed by atoms with E-state index in [0.717, 1.165) is 27.6 Å². The predicted molar refractivity (Wildman–Crippen MR) is 134 cm³/mol. The number of methoxy groups -OCH3 is 2. The normalized spacial score (nSPS) is 11.9. The number of aromatic nitrogens is 1. The second kappa shape index (κ2) is 10.9. The first kappa shape index (κ1) is 23.4. The number of para-hydroxylation sites is 1. The third-order valence-corrected chi connectivity index (χ3v) is 5.88. The van der Waals surface area contributed by atoms with E-state index >= 15 is 0 Å². The van der Waals surface area contributed by atoms with Gasteiger partial charge in [0, 0.05) is 42.2 Å². The van der Waals surface area contributed by atoms with Gasteiger partial charge in [-0.3, -0.25) is 4.79 Å². The molecule has 0 radical (unpaired) electrons. The summed E-state index contributed by atoms with van der Waals surface area (Å²) in [5, 5.41) is 4.25. The Morgan fingerprint density at radius 1 is 1.00 bits per heavy atom. The molecule has 0 aliphatic rings. The van der Waals surface area contributed by atoms with Crippen molar-refractivity contribution in [1.29, 1.82) is 0 Å². The zero-order valence-corrected chi connectivity index (χ0v) is 19.8. The van der Waals surface area contributed by atoms with Crippen LogP contribution in [0.3, 0.4) is 0 Å². The number of fused-ring (bicyclic) bond motifs is 1. The third kappa shape index (κ3) is 5.07. The van der Waals surface area contributed by atoms with Gasteiger partial charge in [0.25, 0.3) is 5.91 Å². The summed E-state index contributed by atoms with van der Waals surface area (Å²) in [6, 6.07) is 21.6. The zero-order chi connectivity index (χ0) is 23.9. The van der Waals surface area contributed by atoms with E-state index in [2.05, 4.69) is 22.4 Å². The second-order valence-corrected chi connectivity index (χ2v) is 8.03. The molecule has 1 aromatic heterocycles. The number of rotatable bonds is 10.